The predicted octanol–water partition coefficient (Wildman–Crippen LogP) is 0.647. The van der Waals surface area contributed by atoms with Crippen molar-refractivity contribution in [2.24, 2.45) is 5.73 Å². The molecule has 0 aliphatic rings. The molecule has 1 aromatic heterocycles. The molecule has 14 heavy (non-hydrogen) atoms. The van der Waals surface area contributed by atoms with Gasteiger partial charge < -0.3 is 10.8 Å². The van der Waals surface area contributed by atoms with Crippen LogP contribution in [0.5, 0.6) is 0 Å². The Bertz CT molecular complexity index is 359. The van der Waals surface area contributed by atoms with Crippen LogP contribution in [0.3, 0.4) is 0 Å². The molecule has 6 heteroatoms. The predicted molar refractivity (Wildman–Crippen MR) is 52.2 cm³/mol. The molecular formula is C8H12ClN3O2. The third-order valence-electron chi connectivity index (χ3n) is 2.01. The molecule has 0 radical (unpaired) electrons. The van der Waals surface area contributed by atoms with Gasteiger partial charge in [0.2, 0.25) is 0 Å². The molecule has 1 atom stereocenters. The maximum absolute atomic E-state index is 10.7. The largest absolute Gasteiger partial charge is 0.480 e. The summed E-state index contributed by atoms with van der Waals surface area (Å²) in [7, 11) is 0. The molecule has 0 aromatic carbocycles. The van der Waals surface area contributed by atoms with Gasteiger partial charge in [-0.2, -0.15) is 5.10 Å². The fraction of sp³-hybridized carbons (Fsp3) is 0.500. The molecule has 0 bridgehead atoms. The number of rotatable bonds is 3. The van der Waals surface area contributed by atoms with Crippen molar-refractivity contribution in [2.75, 3.05) is 0 Å². The van der Waals surface area contributed by atoms with Crippen molar-refractivity contribution >= 4 is 17.6 Å². The van der Waals surface area contributed by atoms with Gasteiger partial charge in [-0.1, -0.05) is 11.6 Å². The van der Waals surface area contributed by atoms with Crippen molar-refractivity contribution in [3.05, 3.63) is 16.9 Å². The van der Waals surface area contributed by atoms with Gasteiger partial charge in [0.1, 0.15) is 5.54 Å². The van der Waals surface area contributed by atoms with Gasteiger partial charge in [-0.25, -0.2) is 0 Å². The Morgan fingerprint density at radius 1 is 1.86 bits per heavy atom. The van der Waals surface area contributed by atoms with Gasteiger partial charge in [-0.05, 0) is 13.8 Å². The average molecular weight is 218 g/mol. The highest BCUT2D eigenvalue weighted by Crippen LogP contribution is 2.15. The first-order chi connectivity index (χ1) is 6.34. The number of carboxylic acids is 1. The summed E-state index contributed by atoms with van der Waals surface area (Å²) < 4.78 is 1.48. The Hall–Kier alpha value is -1.07. The summed E-state index contributed by atoms with van der Waals surface area (Å²) in [6.07, 6.45) is 1.47. The van der Waals surface area contributed by atoms with Crippen LogP contribution in [0, 0.1) is 6.92 Å². The third kappa shape index (κ3) is 2.05. The Morgan fingerprint density at radius 3 is 2.79 bits per heavy atom. The Balaban J connectivity index is 2.89. The zero-order valence-corrected chi connectivity index (χ0v) is 8.75. The lowest BCUT2D eigenvalue weighted by molar-refractivity contribution is -0.143. The van der Waals surface area contributed by atoms with Gasteiger partial charge in [-0.3, -0.25) is 9.48 Å². The summed E-state index contributed by atoms with van der Waals surface area (Å²) in [5.41, 5.74) is 4.95. The summed E-state index contributed by atoms with van der Waals surface area (Å²) in [6.45, 7) is 3.29. The molecule has 3 N–H and O–H groups in total. The van der Waals surface area contributed by atoms with Crippen LogP contribution in [-0.2, 0) is 11.3 Å². The summed E-state index contributed by atoms with van der Waals surface area (Å²) in [6, 6.07) is 0. The van der Waals surface area contributed by atoms with Gasteiger partial charge in [0.25, 0.3) is 0 Å². The smallest absolute Gasteiger partial charge is 0.325 e. The van der Waals surface area contributed by atoms with E-state index in [2.05, 4.69) is 5.10 Å². The van der Waals surface area contributed by atoms with Gasteiger partial charge in [0, 0.05) is 0 Å². The van der Waals surface area contributed by atoms with Gasteiger partial charge in [0.05, 0.1) is 23.5 Å². The van der Waals surface area contributed by atoms with E-state index in [0.29, 0.717) is 10.7 Å². The monoisotopic (exact) mass is 217 g/mol. The average Bonchev–Trinajstić information content (AvgIpc) is 2.35. The van der Waals surface area contributed by atoms with E-state index >= 15 is 0 Å². The SMILES string of the molecule is Cc1c(Cl)cnn1CC(C)(N)C(=O)O. The molecule has 1 aromatic rings. The Labute approximate surface area is 86.5 Å². The molecule has 5 nitrogen and oxygen atoms in total. The molecule has 78 valence electrons. The van der Waals surface area contributed by atoms with E-state index in [1.54, 1.807) is 6.92 Å². The molecule has 1 heterocycles. The number of nitrogens with zero attached hydrogens (tertiary/aromatic N) is 2. The maximum atomic E-state index is 10.7. The van der Waals surface area contributed by atoms with Crippen LogP contribution >= 0.6 is 11.6 Å². The molecular weight excluding hydrogens is 206 g/mol. The van der Waals surface area contributed by atoms with Crippen molar-refractivity contribution < 1.29 is 9.90 Å². The molecule has 0 aliphatic carbocycles. The zero-order valence-electron chi connectivity index (χ0n) is 7.99. The van der Waals surface area contributed by atoms with E-state index < -0.39 is 11.5 Å². The first-order valence-electron chi connectivity index (χ1n) is 4.05. The summed E-state index contributed by atoms with van der Waals surface area (Å²) >= 11 is 5.77. The number of aromatic nitrogens is 2. The van der Waals surface area contributed by atoms with Crippen LogP contribution in [0.25, 0.3) is 0 Å². The van der Waals surface area contributed by atoms with E-state index in [1.165, 1.54) is 17.8 Å². The van der Waals surface area contributed by atoms with Crippen LogP contribution < -0.4 is 5.73 Å². The molecule has 0 amide bonds. The first kappa shape index (κ1) is 11.0. The number of carbonyl (C=O) groups is 1. The van der Waals surface area contributed by atoms with Crippen LogP contribution in [0.1, 0.15) is 12.6 Å². The summed E-state index contributed by atoms with van der Waals surface area (Å²) in [5.74, 6) is -1.07. The second-order valence-corrected chi connectivity index (χ2v) is 3.87. The fourth-order valence-electron chi connectivity index (χ4n) is 0.962. The number of nitrogens with two attached hydrogens (primary N) is 1. The minimum Gasteiger partial charge on any atom is -0.480 e. The molecule has 0 spiro atoms. The molecule has 0 saturated carbocycles. The number of carboxylic acid groups (broad SMARTS) is 1. The minimum absolute atomic E-state index is 0.0981. The number of hydrogen-bond acceptors (Lipinski definition) is 3. The highest BCUT2D eigenvalue weighted by molar-refractivity contribution is 6.31. The van der Waals surface area contributed by atoms with Crippen LogP contribution in [0.4, 0.5) is 0 Å². The van der Waals surface area contributed by atoms with Gasteiger partial charge >= 0.3 is 5.97 Å². The van der Waals surface area contributed by atoms with E-state index in [0.717, 1.165) is 0 Å². The lowest BCUT2D eigenvalue weighted by atomic mass is 10.1. The Kier molecular flexibility index (Phi) is 2.82. The second-order valence-electron chi connectivity index (χ2n) is 3.46. The maximum Gasteiger partial charge on any atom is 0.325 e. The Morgan fingerprint density at radius 2 is 2.43 bits per heavy atom. The highest BCUT2D eigenvalue weighted by Gasteiger charge is 2.29. The quantitative estimate of drug-likeness (QED) is 0.779. The normalized spacial score (nSPS) is 15.1. The zero-order chi connectivity index (χ0) is 10.9. The van der Waals surface area contributed by atoms with E-state index in [1.807, 2.05) is 0 Å². The molecule has 1 rings (SSSR count). The van der Waals surface area contributed by atoms with Gasteiger partial charge in [0.15, 0.2) is 0 Å². The first-order valence-corrected chi connectivity index (χ1v) is 4.42. The van der Waals surface area contributed by atoms with Gasteiger partial charge in [-0.15, -0.1) is 0 Å². The number of halogens is 1. The van der Waals surface area contributed by atoms with Crippen molar-refractivity contribution in [2.45, 2.75) is 25.9 Å². The van der Waals surface area contributed by atoms with Crippen LogP contribution in [0.2, 0.25) is 5.02 Å². The van der Waals surface area contributed by atoms with E-state index in [9.17, 15) is 4.79 Å². The highest BCUT2D eigenvalue weighted by atomic mass is 35.5. The number of hydrogen-bond donors (Lipinski definition) is 2. The number of aliphatic carboxylic acids is 1. The van der Waals surface area contributed by atoms with Crippen LogP contribution in [-0.4, -0.2) is 26.4 Å². The van der Waals surface area contributed by atoms with Crippen LogP contribution in [0.15, 0.2) is 6.20 Å². The van der Waals surface area contributed by atoms with Crippen molar-refractivity contribution in [3.8, 4) is 0 Å². The lowest BCUT2D eigenvalue weighted by Crippen LogP contribution is -2.48. The molecule has 1 unspecified atom stereocenters. The topological polar surface area (TPSA) is 81.1 Å². The summed E-state index contributed by atoms with van der Waals surface area (Å²) in [5, 5.41) is 13.2. The molecule has 0 fully saturated rings. The van der Waals surface area contributed by atoms with Crippen molar-refractivity contribution in [1.82, 2.24) is 9.78 Å². The van der Waals surface area contributed by atoms with Crippen molar-refractivity contribution in [3.63, 3.8) is 0 Å². The van der Waals surface area contributed by atoms with Crippen molar-refractivity contribution in [1.29, 1.82) is 0 Å². The molecule has 0 aliphatic heterocycles. The lowest BCUT2D eigenvalue weighted by Gasteiger charge is -2.19. The molecule has 0 saturated heterocycles. The van der Waals surface area contributed by atoms with E-state index in [4.69, 9.17) is 22.4 Å². The summed E-state index contributed by atoms with van der Waals surface area (Å²) in [4.78, 5) is 10.7. The second kappa shape index (κ2) is 3.59. The fourth-order valence-corrected chi connectivity index (χ4v) is 1.10. The minimum atomic E-state index is -1.33. The standard InChI is InChI=1S/C8H12ClN3O2/c1-5-6(9)3-11-12(5)4-8(2,10)7(13)14/h3H,4,10H2,1-2H3,(H,13,14). The van der Waals surface area contributed by atoms with E-state index in [-0.39, 0.29) is 6.54 Å². The third-order valence-corrected chi connectivity index (χ3v) is 2.38.